The Bertz CT molecular complexity index is 236. The Morgan fingerprint density at radius 2 is 2.00 bits per heavy atom. The molecule has 0 saturated carbocycles. The van der Waals surface area contributed by atoms with Crippen molar-refractivity contribution >= 4 is 5.97 Å². The highest BCUT2D eigenvalue weighted by Gasteiger charge is 2.24. The zero-order chi connectivity index (χ0) is 11.8. The van der Waals surface area contributed by atoms with E-state index in [0.29, 0.717) is 6.42 Å². The highest BCUT2D eigenvalue weighted by Crippen LogP contribution is 2.12. The fourth-order valence-electron chi connectivity index (χ4n) is 1.11. The smallest absolute Gasteiger partial charge is 0.302 e. The van der Waals surface area contributed by atoms with Crippen LogP contribution >= 0.6 is 0 Å². The van der Waals surface area contributed by atoms with Crippen LogP contribution in [0.3, 0.4) is 0 Å². The molecule has 0 bridgehead atoms. The number of hydrogen-bond acceptors (Lipinski definition) is 5. The summed E-state index contributed by atoms with van der Waals surface area (Å²) in [5.41, 5.74) is 0. The second-order valence-corrected chi connectivity index (χ2v) is 3.18. The van der Waals surface area contributed by atoms with E-state index in [0.717, 1.165) is 0 Å². The molecule has 0 aromatic heterocycles. The number of hydrogen-bond donors (Lipinski definition) is 0. The van der Waals surface area contributed by atoms with Crippen LogP contribution in [0.4, 0.5) is 0 Å². The summed E-state index contributed by atoms with van der Waals surface area (Å²) in [6.07, 6.45) is -1.01. The van der Waals surface area contributed by atoms with Crippen molar-refractivity contribution in [3.63, 3.8) is 0 Å². The molecule has 0 aliphatic rings. The number of ether oxygens (including phenoxy) is 3. The Labute approximate surface area is 89.9 Å². The largest absolute Gasteiger partial charge is 0.460 e. The standard InChI is InChI=1S/C10H17NO4/c1-7(13-3)10(15-8(2)12)5-9(6-11)14-4/h7,9-10H,5H2,1-4H3. The number of carbonyl (C=O) groups excluding carboxylic acids is 1. The summed E-state index contributed by atoms with van der Waals surface area (Å²) in [6, 6.07) is 1.97. The lowest BCUT2D eigenvalue weighted by Gasteiger charge is -2.23. The molecule has 86 valence electrons. The third-order valence-electron chi connectivity index (χ3n) is 2.09. The summed E-state index contributed by atoms with van der Waals surface area (Å²) >= 11 is 0. The molecule has 3 unspecified atom stereocenters. The van der Waals surface area contributed by atoms with Gasteiger partial charge in [0.05, 0.1) is 12.2 Å². The van der Waals surface area contributed by atoms with Crippen molar-refractivity contribution in [3.8, 4) is 6.07 Å². The first kappa shape index (κ1) is 13.9. The summed E-state index contributed by atoms with van der Waals surface area (Å²) in [4.78, 5) is 10.8. The van der Waals surface area contributed by atoms with Crippen LogP contribution in [0.15, 0.2) is 0 Å². The van der Waals surface area contributed by atoms with E-state index in [1.54, 1.807) is 6.92 Å². The summed E-state index contributed by atoms with van der Waals surface area (Å²) in [6.45, 7) is 3.10. The number of carbonyl (C=O) groups is 1. The van der Waals surface area contributed by atoms with E-state index in [1.165, 1.54) is 21.1 Å². The molecule has 15 heavy (non-hydrogen) atoms. The number of rotatable bonds is 6. The molecule has 5 heteroatoms. The minimum absolute atomic E-state index is 0.264. The number of nitriles is 1. The van der Waals surface area contributed by atoms with Crippen molar-refractivity contribution in [1.82, 2.24) is 0 Å². The van der Waals surface area contributed by atoms with E-state index in [2.05, 4.69) is 0 Å². The Morgan fingerprint density at radius 1 is 1.40 bits per heavy atom. The van der Waals surface area contributed by atoms with Gasteiger partial charge in [0.15, 0.2) is 0 Å². The average Bonchev–Trinajstić information content (AvgIpc) is 2.22. The Kier molecular flexibility index (Phi) is 6.67. The Hall–Kier alpha value is -1.12. The maximum Gasteiger partial charge on any atom is 0.302 e. The molecular weight excluding hydrogens is 198 g/mol. The van der Waals surface area contributed by atoms with Gasteiger partial charge in [-0.1, -0.05) is 0 Å². The van der Waals surface area contributed by atoms with Crippen molar-refractivity contribution in [1.29, 1.82) is 5.26 Å². The summed E-state index contributed by atoms with van der Waals surface area (Å²) in [7, 11) is 2.96. The molecule has 0 fully saturated rings. The number of methoxy groups -OCH3 is 2. The minimum atomic E-state index is -0.591. The van der Waals surface area contributed by atoms with Gasteiger partial charge < -0.3 is 14.2 Å². The van der Waals surface area contributed by atoms with E-state index in [1.807, 2.05) is 6.07 Å². The SMILES string of the molecule is COC(C#N)CC(OC(C)=O)C(C)OC. The average molecular weight is 215 g/mol. The van der Waals surface area contributed by atoms with Gasteiger partial charge in [-0.15, -0.1) is 0 Å². The van der Waals surface area contributed by atoms with Crippen molar-refractivity contribution < 1.29 is 19.0 Å². The number of esters is 1. The molecule has 0 aliphatic heterocycles. The van der Waals surface area contributed by atoms with Crippen molar-refractivity contribution in [2.24, 2.45) is 0 Å². The van der Waals surface area contributed by atoms with Crippen LogP contribution in [0.5, 0.6) is 0 Å². The van der Waals surface area contributed by atoms with Crippen LogP contribution < -0.4 is 0 Å². The summed E-state index contributed by atoms with van der Waals surface area (Å²) < 4.78 is 15.0. The monoisotopic (exact) mass is 215 g/mol. The van der Waals surface area contributed by atoms with Gasteiger partial charge in [0.25, 0.3) is 0 Å². The van der Waals surface area contributed by atoms with E-state index in [4.69, 9.17) is 19.5 Å². The molecule has 0 radical (unpaired) electrons. The third kappa shape index (κ3) is 5.35. The zero-order valence-corrected chi connectivity index (χ0v) is 9.52. The molecular formula is C10H17NO4. The third-order valence-corrected chi connectivity index (χ3v) is 2.09. The lowest BCUT2D eigenvalue weighted by Crippen LogP contribution is -2.33. The molecule has 0 amide bonds. The normalized spacial score (nSPS) is 16.2. The van der Waals surface area contributed by atoms with Gasteiger partial charge in [0, 0.05) is 27.6 Å². The van der Waals surface area contributed by atoms with Gasteiger partial charge in [-0.2, -0.15) is 5.26 Å². The topological polar surface area (TPSA) is 68.5 Å². The summed E-state index contributed by atoms with van der Waals surface area (Å²) in [5, 5.41) is 8.71. The highest BCUT2D eigenvalue weighted by molar-refractivity contribution is 5.66. The van der Waals surface area contributed by atoms with Crippen LogP contribution in [-0.4, -0.2) is 38.5 Å². The van der Waals surface area contributed by atoms with E-state index in [-0.39, 0.29) is 6.10 Å². The first-order valence-electron chi connectivity index (χ1n) is 4.67. The molecule has 0 aromatic rings. The maximum absolute atomic E-state index is 10.8. The predicted octanol–water partition coefficient (Wildman–Crippen LogP) is 0.882. The Balaban J connectivity index is 4.36. The van der Waals surface area contributed by atoms with E-state index in [9.17, 15) is 4.79 Å². The Morgan fingerprint density at radius 3 is 2.33 bits per heavy atom. The fourth-order valence-corrected chi connectivity index (χ4v) is 1.11. The van der Waals surface area contributed by atoms with Gasteiger partial charge in [-0.05, 0) is 6.92 Å². The van der Waals surface area contributed by atoms with Gasteiger partial charge >= 0.3 is 5.97 Å². The molecule has 0 rings (SSSR count). The second-order valence-electron chi connectivity index (χ2n) is 3.18. The molecule has 0 aromatic carbocycles. The molecule has 3 atom stereocenters. The lowest BCUT2D eigenvalue weighted by atomic mass is 10.1. The van der Waals surface area contributed by atoms with Crippen LogP contribution in [-0.2, 0) is 19.0 Å². The molecule has 0 spiro atoms. The van der Waals surface area contributed by atoms with Crippen LogP contribution in [0.25, 0.3) is 0 Å². The summed E-state index contributed by atoms with van der Waals surface area (Å²) in [5.74, 6) is -0.392. The fraction of sp³-hybridized carbons (Fsp3) is 0.800. The van der Waals surface area contributed by atoms with Crippen molar-refractivity contribution in [2.45, 2.75) is 38.6 Å². The van der Waals surface area contributed by atoms with Gasteiger partial charge in [-0.25, -0.2) is 0 Å². The van der Waals surface area contributed by atoms with Crippen LogP contribution in [0.2, 0.25) is 0 Å². The molecule has 0 heterocycles. The quantitative estimate of drug-likeness (QED) is 0.615. The van der Waals surface area contributed by atoms with E-state index >= 15 is 0 Å². The maximum atomic E-state index is 10.8. The zero-order valence-electron chi connectivity index (χ0n) is 9.52. The van der Waals surface area contributed by atoms with Crippen LogP contribution in [0.1, 0.15) is 20.3 Å². The second kappa shape index (κ2) is 7.21. The van der Waals surface area contributed by atoms with Gasteiger partial charge in [0.1, 0.15) is 12.2 Å². The first-order valence-corrected chi connectivity index (χ1v) is 4.67. The highest BCUT2D eigenvalue weighted by atomic mass is 16.6. The molecule has 5 nitrogen and oxygen atoms in total. The number of nitrogens with zero attached hydrogens (tertiary/aromatic N) is 1. The lowest BCUT2D eigenvalue weighted by molar-refractivity contribution is -0.154. The van der Waals surface area contributed by atoms with Crippen molar-refractivity contribution in [2.75, 3.05) is 14.2 Å². The van der Waals surface area contributed by atoms with Crippen molar-refractivity contribution in [3.05, 3.63) is 0 Å². The van der Waals surface area contributed by atoms with Gasteiger partial charge in [-0.3, -0.25) is 4.79 Å². The van der Waals surface area contributed by atoms with Crippen LogP contribution in [0, 0.1) is 11.3 Å². The first-order chi connectivity index (χ1) is 7.04. The van der Waals surface area contributed by atoms with E-state index < -0.39 is 18.2 Å². The minimum Gasteiger partial charge on any atom is -0.460 e. The molecule has 0 saturated heterocycles. The molecule has 0 aliphatic carbocycles. The molecule has 0 N–H and O–H groups in total. The van der Waals surface area contributed by atoms with Gasteiger partial charge in [0.2, 0.25) is 0 Å². The predicted molar refractivity (Wildman–Crippen MR) is 53.1 cm³/mol.